The minimum absolute atomic E-state index is 0.0207. The molecule has 0 unspecified atom stereocenters. The molecule has 0 saturated carbocycles. The minimum atomic E-state index is -0.573. The number of rotatable bonds is 8. The van der Waals surface area contributed by atoms with Gasteiger partial charge >= 0.3 is 6.01 Å². The molecule has 2 aromatic carbocycles. The number of hydrogen-bond acceptors (Lipinski definition) is 8. The van der Waals surface area contributed by atoms with Gasteiger partial charge in [0.2, 0.25) is 5.91 Å². The van der Waals surface area contributed by atoms with Crippen LogP contribution >= 0.6 is 0 Å². The van der Waals surface area contributed by atoms with Crippen molar-refractivity contribution < 1.29 is 23.8 Å². The Balaban J connectivity index is 1.45. The average molecular weight is 602 g/mol. The number of phenols is 1. The number of ether oxygens (including phenoxy) is 2. The lowest BCUT2D eigenvalue weighted by atomic mass is 9.72. The van der Waals surface area contributed by atoms with Crippen LogP contribution in [0, 0.1) is 11.2 Å². The van der Waals surface area contributed by atoms with Gasteiger partial charge in [-0.1, -0.05) is 25.3 Å². The third-order valence-electron chi connectivity index (χ3n) is 9.29. The Labute approximate surface area is 257 Å². The Bertz CT molecular complexity index is 1570. The van der Waals surface area contributed by atoms with Gasteiger partial charge in [0.25, 0.3) is 0 Å². The van der Waals surface area contributed by atoms with Crippen LogP contribution in [0.1, 0.15) is 38.2 Å². The number of halogens is 1. The number of benzene rings is 2. The van der Waals surface area contributed by atoms with E-state index >= 15 is 4.39 Å². The van der Waals surface area contributed by atoms with E-state index in [1.54, 1.807) is 6.08 Å². The quantitative estimate of drug-likeness (QED) is 0.349. The summed E-state index contributed by atoms with van der Waals surface area (Å²) >= 11 is 0. The number of carbonyl (C=O) groups excluding carboxylic acids is 1. The first-order valence-corrected chi connectivity index (χ1v) is 15.4. The zero-order chi connectivity index (χ0) is 31.0. The van der Waals surface area contributed by atoms with Gasteiger partial charge in [-0.25, -0.2) is 4.39 Å². The first kappa shape index (κ1) is 29.9. The highest BCUT2D eigenvalue weighted by molar-refractivity contribution is 6.02. The number of anilines is 1. The van der Waals surface area contributed by atoms with Crippen LogP contribution in [0.3, 0.4) is 0 Å². The third-order valence-corrected chi connectivity index (χ3v) is 9.29. The molecule has 0 aliphatic carbocycles. The fraction of sp³-hybridized carbons (Fsp3) is 0.441. The summed E-state index contributed by atoms with van der Waals surface area (Å²) in [5.41, 5.74) is 1.62. The molecule has 44 heavy (non-hydrogen) atoms. The lowest BCUT2D eigenvalue weighted by Gasteiger charge is -2.54. The van der Waals surface area contributed by atoms with Gasteiger partial charge in [0, 0.05) is 55.6 Å². The predicted octanol–water partition coefficient (Wildman–Crippen LogP) is 5.27. The van der Waals surface area contributed by atoms with Gasteiger partial charge in [0.1, 0.15) is 29.0 Å². The van der Waals surface area contributed by atoms with Gasteiger partial charge in [-0.2, -0.15) is 9.97 Å². The second kappa shape index (κ2) is 12.1. The van der Waals surface area contributed by atoms with Crippen molar-refractivity contribution in [2.45, 2.75) is 38.7 Å². The largest absolute Gasteiger partial charge is 0.507 e. The molecule has 3 saturated heterocycles. The number of aromatic nitrogens is 2. The van der Waals surface area contributed by atoms with Crippen molar-refractivity contribution in [3.63, 3.8) is 0 Å². The monoisotopic (exact) mass is 601 g/mol. The number of phenolic OH excluding ortho intramolecular Hbond substituents is 1. The first-order valence-electron chi connectivity index (χ1n) is 15.4. The third kappa shape index (κ3) is 5.47. The maximum atomic E-state index is 15.3. The normalized spacial score (nSPS) is 18.7. The number of amides is 1. The molecule has 232 valence electrons. The molecular weight excluding hydrogens is 561 g/mol. The highest BCUT2D eigenvalue weighted by Gasteiger charge is 2.46. The number of piperidine rings is 2. The summed E-state index contributed by atoms with van der Waals surface area (Å²) in [7, 11) is 2.10. The second-order valence-electron chi connectivity index (χ2n) is 12.2. The van der Waals surface area contributed by atoms with Crippen LogP contribution in [0.2, 0.25) is 0 Å². The Kier molecular flexibility index (Phi) is 8.20. The van der Waals surface area contributed by atoms with E-state index in [9.17, 15) is 9.90 Å². The molecule has 3 aliphatic heterocycles. The van der Waals surface area contributed by atoms with Gasteiger partial charge < -0.3 is 29.3 Å². The Morgan fingerprint density at radius 2 is 1.86 bits per heavy atom. The Morgan fingerprint density at radius 1 is 1.14 bits per heavy atom. The molecule has 1 amide bonds. The zero-order valence-electron chi connectivity index (χ0n) is 25.5. The fourth-order valence-corrected chi connectivity index (χ4v) is 6.79. The van der Waals surface area contributed by atoms with Crippen LogP contribution in [0.4, 0.5) is 10.2 Å². The number of fused-ring (bicyclic) bond motifs is 1. The number of hydrogen-bond donors (Lipinski definition) is 1. The molecular formula is C34H40FN5O4. The van der Waals surface area contributed by atoms with Crippen molar-refractivity contribution in [3.05, 3.63) is 54.9 Å². The maximum absolute atomic E-state index is 15.3. The van der Waals surface area contributed by atoms with E-state index in [1.165, 1.54) is 24.3 Å². The second-order valence-corrected chi connectivity index (χ2v) is 12.2. The average Bonchev–Trinajstić information content (AvgIpc) is 3.01. The number of aromatic hydroxyl groups is 1. The lowest BCUT2D eigenvalue weighted by Crippen LogP contribution is -2.61. The summed E-state index contributed by atoms with van der Waals surface area (Å²) in [6, 6.07) is 6.40. The molecule has 0 radical (unpaired) electrons. The van der Waals surface area contributed by atoms with E-state index in [0.717, 1.165) is 76.2 Å². The van der Waals surface area contributed by atoms with Gasteiger partial charge in [0.15, 0.2) is 5.75 Å². The molecule has 0 bridgehead atoms. The van der Waals surface area contributed by atoms with Crippen LogP contribution in [-0.2, 0) is 4.79 Å². The Hall–Kier alpha value is -4.18. The molecule has 4 heterocycles. The van der Waals surface area contributed by atoms with Gasteiger partial charge in [-0.3, -0.25) is 4.79 Å². The van der Waals surface area contributed by atoms with Gasteiger partial charge in [-0.15, -0.1) is 0 Å². The van der Waals surface area contributed by atoms with Gasteiger partial charge in [0.05, 0.1) is 12.2 Å². The van der Waals surface area contributed by atoms with Crippen LogP contribution in [0.15, 0.2) is 43.5 Å². The van der Waals surface area contributed by atoms with Gasteiger partial charge in [-0.05, 0) is 69.5 Å². The Morgan fingerprint density at radius 3 is 2.50 bits per heavy atom. The highest BCUT2D eigenvalue weighted by atomic mass is 19.1. The van der Waals surface area contributed by atoms with Crippen LogP contribution in [0.5, 0.6) is 17.5 Å². The summed E-state index contributed by atoms with van der Waals surface area (Å²) in [6.07, 6.45) is 6.55. The van der Waals surface area contributed by atoms with E-state index < -0.39 is 5.82 Å². The van der Waals surface area contributed by atoms with E-state index in [-0.39, 0.29) is 34.7 Å². The number of carbonyl (C=O) groups is 1. The van der Waals surface area contributed by atoms with Crippen molar-refractivity contribution in [1.29, 1.82) is 0 Å². The standard InChI is InChI=1S/C34H40FN5O4/c1-5-22-19-24-30(31(43-7-3)28(22)29-25(35)9-8-10-26(29)41)36-33(44-23-11-15-38(4)16-12-23)37-32(24)39-17-13-34(14-18-39)20-40(21-34)27(42)6-2/h5-6,8-10,19,23,41H,1-2,7,11-18,20-21H2,3-4H3. The van der Waals surface area contributed by atoms with Crippen molar-refractivity contribution in [3.8, 4) is 28.6 Å². The van der Waals surface area contributed by atoms with E-state index in [4.69, 9.17) is 19.4 Å². The summed E-state index contributed by atoms with van der Waals surface area (Å²) in [6.45, 7) is 14.6. The smallest absolute Gasteiger partial charge is 0.319 e. The minimum Gasteiger partial charge on any atom is -0.507 e. The molecule has 3 aliphatic rings. The number of nitrogens with zero attached hydrogens (tertiary/aromatic N) is 5. The summed E-state index contributed by atoms with van der Waals surface area (Å²) in [5, 5.41) is 11.5. The van der Waals surface area contributed by atoms with E-state index in [0.29, 0.717) is 29.0 Å². The molecule has 0 atom stereocenters. The molecule has 10 heteroatoms. The van der Waals surface area contributed by atoms with Crippen molar-refractivity contribution in [1.82, 2.24) is 19.8 Å². The fourth-order valence-electron chi connectivity index (χ4n) is 6.79. The van der Waals surface area contributed by atoms with Crippen molar-refractivity contribution in [2.24, 2.45) is 5.41 Å². The molecule has 3 fully saturated rings. The van der Waals surface area contributed by atoms with Crippen LogP contribution in [-0.4, -0.2) is 89.8 Å². The summed E-state index contributed by atoms with van der Waals surface area (Å²) in [5.74, 6) is 0.280. The molecule has 1 spiro atoms. The van der Waals surface area contributed by atoms with Crippen LogP contribution in [0.25, 0.3) is 28.1 Å². The lowest BCUT2D eigenvalue weighted by molar-refractivity contribution is -0.139. The molecule has 1 aromatic heterocycles. The SMILES string of the molecule is C=CC(=O)N1CC2(CCN(c3nc(OC4CCN(C)CC4)nc4c(OCC)c(-c5c(O)cccc5F)c(C=C)cc34)CC2)C1. The van der Waals surface area contributed by atoms with E-state index in [2.05, 4.69) is 30.0 Å². The molecule has 3 aromatic rings. The first-order chi connectivity index (χ1) is 21.3. The highest BCUT2D eigenvalue weighted by Crippen LogP contribution is 2.48. The maximum Gasteiger partial charge on any atom is 0.319 e. The number of likely N-dealkylation sites (tertiary alicyclic amines) is 2. The topological polar surface area (TPSA) is 91.3 Å². The zero-order valence-corrected chi connectivity index (χ0v) is 25.5. The summed E-state index contributed by atoms with van der Waals surface area (Å²) in [4.78, 5) is 28.3. The van der Waals surface area contributed by atoms with Crippen molar-refractivity contribution >= 4 is 28.7 Å². The van der Waals surface area contributed by atoms with Crippen molar-refractivity contribution in [2.75, 3.05) is 57.8 Å². The predicted molar refractivity (Wildman–Crippen MR) is 170 cm³/mol. The van der Waals surface area contributed by atoms with Crippen LogP contribution < -0.4 is 14.4 Å². The summed E-state index contributed by atoms with van der Waals surface area (Å²) < 4.78 is 28.0. The molecule has 1 N–H and O–H groups in total. The molecule has 6 rings (SSSR count). The van der Waals surface area contributed by atoms with E-state index in [1.807, 2.05) is 17.9 Å². The molecule has 9 nitrogen and oxygen atoms in total.